The van der Waals surface area contributed by atoms with E-state index in [1.165, 1.54) is 12.3 Å². The van der Waals surface area contributed by atoms with E-state index in [2.05, 4.69) is 24.1 Å². The Labute approximate surface area is 108 Å². The van der Waals surface area contributed by atoms with Crippen molar-refractivity contribution in [1.29, 1.82) is 0 Å². The van der Waals surface area contributed by atoms with Gasteiger partial charge in [0.15, 0.2) is 0 Å². The SMILES string of the molecule is CCC(NC(C)C1CCOC1)c1ccc(F)cn1. The summed E-state index contributed by atoms with van der Waals surface area (Å²) in [5, 5.41) is 3.58. The minimum absolute atomic E-state index is 0.182. The number of nitrogens with zero attached hydrogens (tertiary/aromatic N) is 1. The first-order valence-electron chi connectivity index (χ1n) is 6.66. The maximum atomic E-state index is 12.9. The lowest BCUT2D eigenvalue weighted by Crippen LogP contribution is -2.36. The molecule has 0 amide bonds. The van der Waals surface area contributed by atoms with E-state index < -0.39 is 0 Å². The van der Waals surface area contributed by atoms with Gasteiger partial charge in [-0.2, -0.15) is 0 Å². The molecule has 3 unspecified atom stereocenters. The summed E-state index contributed by atoms with van der Waals surface area (Å²) in [6.07, 6.45) is 3.33. The molecule has 1 saturated heterocycles. The lowest BCUT2D eigenvalue weighted by atomic mass is 9.98. The van der Waals surface area contributed by atoms with Crippen molar-refractivity contribution >= 4 is 0 Å². The van der Waals surface area contributed by atoms with Crippen LogP contribution in [0.5, 0.6) is 0 Å². The van der Waals surface area contributed by atoms with Crippen molar-refractivity contribution in [3.63, 3.8) is 0 Å². The van der Waals surface area contributed by atoms with Gasteiger partial charge in [-0.15, -0.1) is 0 Å². The Balaban J connectivity index is 1.97. The summed E-state index contributed by atoms with van der Waals surface area (Å²) in [7, 11) is 0. The Morgan fingerprint density at radius 2 is 2.39 bits per heavy atom. The molecule has 0 bridgehead atoms. The van der Waals surface area contributed by atoms with Gasteiger partial charge in [0.05, 0.1) is 18.5 Å². The molecule has 4 heteroatoms. The number of aromatic nitrogens is 1. The zero-order valence-corrected chi connectivity index (χ0v) is 11.0. The van der Waals surface area contributed by atoms with Gasteiger partial charge in [0.2, 0.25) is 0 Å². The molecule has 1 aliphatic rings. The summed E-state index contributed by atoms with van der Waals surface area (Å²) in [5.74, 6) is 0.283. The topological polar surface area (TPSA) is 34.1 Å². The average Bonchev–Trinajstić information content (AvgIpc) is 2.91. The average molecular weight is 252 g/mol. The van der Waals surface area contributed by atoms with Crippen LogP contribution in [-0.2, 0) is 4.74 Å². The van der Waals surface area contributed by atoms with Crippen LogP contribution in [0.1, 0.15) is 38.4 Å². The van der Waals surface area contributed by atoms with E-state index in [9.17, 15) is 4.39 Å². The third-order valence-corrected chi connectivity index (χ3v) is 3.65. The third kappa shape index (κ3) is 3.27. The van der Waals surface area contributed by atoms with Gasteiger partial charge in [0.25, 0.3) is 0 Å². The molecule has 100 valence electrons. The summed E-state index contributed by atoms with van der Waals surface area (Å²) in [6, 6.07) is 3.80. The normalized spacial score (nSPS) is 22.9. The van der Waals surface area contributed by atoms with E-state index in [0.29, 0.717) is 12.0 Å². The number of halogens is 1. The molecule has 1 fully saturated rings. The van der Waals surface area contributed by atoms with Crippen molar-refractivity contribution in [3.05, 3.63) is 29.8 Å². The highest BCUT2D eigenvalue weighted by Crippen LogP contribution is 2.21. The van der Waals surface area contributed by atoms with Crippen molar-refractivity contribution in [2.24, 2.45) is 5.92 Å². The van der Waals surface area contributed by atoms with Crippen LogP contribution >= 0.6 is 0 Å². The molecule has 0 radical (unpaired) electrons. The zero-order chi connectivity index (χ0) is 13.0. The molecule has 3 nitrogen and oxygen atoms in total. The molecule has 0 saturated carbocycles. The Morgan fingerprint density at radius 3 is 2.94 bits per heavy atom. The van der Waals surface area contributed by atoms with Gasteiger partial charge >= 0.3 is 0 Å². The predicted octanol–water partition coefficient (Wildman–Crippen LogP) is 2.69. The number of rotatable bonds is 5. The molecular formula is C14H21FN2O. The fourth-order valence-corrected chi connectivity index (χ4v) is 2.41. The van der Waals surface area contributed by atoms with E-state index in [0.717, 1.165) is 31.7 Å². The fraction of sp³-hybridized carbons (Fsp3) is 0.643. The highest BCUT2D eigenvalue weighted by Gasteiger charge is 2.24. The highest BCUT2D eigenvalue weighted by atomic mass is 19.1. The van der Waals surface area contributed by atoms with Crippen molar-refractivity contribution in [3.8, 4) is 0 Å². The Bertz CT molecular complexity index is 363. The molecule has 3 atom stereocenters. The minimum Gasteiger partial charge on any atom is -0.381 e. The Kier molecular flexibility index (Phi) is 4.66. The summed E-state index contributed by atoms with van der Waals surface area (Å²) < 4.78 is 18.3. The van der Waals surface area contributed by atoms with Crippen LogP contribution < -0.4 is 5.32 Å². The maximum Gasteiger partial charge on any atom is 0.141 e. The minimum atomic E-state index is -0.286. The van der Waals surface area contributed by atoms with Gasteiger partial charge in [-0.05, 0) is 37.8 Å². The van der Waals surface area contributed by atoms with E-state index >= 15 is 0 Å². The molecule has 1 aromatic heterocycles. The van der Waals surface area contributed by atoms with E-state index in [1.54, 1.807) is 6.07 Å². The predicted molar refractivity (Wildman–Crippen MR) is 68.8 cm³/mol. The Hall–Kier alpha value is -1.00. The van der Waals surface area contributed by atoms with Gasteiger partial charge in [-0.1, -0.05) is 6.92 Å². The van der Waals surface area contributed by atoms with Crippen LogP contribution in [0, 0.1) is 11.7 Å². The van der Waals surface area contributed by atoms with Gasteiger partial charge in [0, 0.05) is 18.7 Å². The first-order valence-corrected chi connectivity index (χ1v) is 6.66. The van der Waals surface area contributed by atoms with Gasteiger partial charge in [-0.3, -0.25) is 4.98 Å². The lowest BCUT2D eigenvalue weighted by molar-refractivity contribution is 0.176. The monoisotopic (exact) mass is 252 g/mol. The van der Waals surface area contributed by atoms with Gasteiger partial charge < -0.3 is 10.1 Å². The van der Waals surface area contributed by atoms with Crippen molar-refractivity contribution in [1.82, 2.24) is 10.3 Å². The van der Waals surface area contributed by atoms with Crippen LogP contribution in [0.2, 0.25) is 0 Å². The third-order valence-electron chi connectivity index (χ3n) is 3.65. The quantitative estimate of drug-likeness (QED) is 0.875. The molecule has 0 spiro atoms. The number of nitrogens with one attached hydrogen (secondary N) is 1. The number of hydrogen-bond acceptors (Lipinski definition) is 3. The number of hydrogen-bond donors (Lipinski definition) is 1. The van der Waals surface area contributed by atoms with E-state index in [-0.39, 0.29) is 11.9 Å². The number of pyridine rings is 1. The van der Waals surface area contributed by atoms with E-state index in [1.807, 2.05) is 0 Å². The van der Waals surface area contributed by atoms with Crippen LogP contribution in [0.3, 0.4) is 0 Å². The summed E-state index contributed by atoms with van der Waals surface area (Å²) in [6.45, 7) is 6.00. The van der Waals surface area contributed by atoms with Crippen LogP contribution in [0.4, 0.5) is 4.39 Å². The smallest absolute Gasteiger partial charge is 0.141 e. The van der Waals surface area contributed by atoms with Crippen molar-refractivity contribution in [2.45, 2.75) is 38.8 Å². The van der Waals surface area contributed by atoms with E-state index in [4.69, 9.17) is 4.74 Å². The van der Waals surface area contributed by atoms with Crippen LogP contribution in [0.15, 0.2) is 18.3 Å². The van der Waals surface area contributed by atoms with Crippen LogP contribution in [0.25, 0.3) is 0 Å². The summed E-state index contributed by atoms with van der Waals surface area (Å²) >= 11 is 0. The molecule has 0 aromatic carbocycles. The molecule has 18 heavy (non-hydrogen) atoms. The number of ether oxygens (including phenoxy) is 1. The fourth-order valence-electron chi connectivity index (χ4n) is 2.41. The largest absolute Gasteiger partial charge is 0.381 e. The molecule has 0 aliphatic carbocycles. The van der Waals surface area contributed by atoms with Gasteiger partial charge in [0.1, 0.15) is 5.82 Å². The first kappa shape index (κ1) is 13.4. The molecule has 2 heterocycles. The second kappa shape index (κ2) is 6.25. The highest BCUT2D eigenvalue weighted by molar-refractivity contribution is 5.10. The van der Waals surface area contributed by atoms with Gasteiger partial charge in [-0.25, -0.2) is 4.39 Å². The van der Waals surface area contributed by atoms with Crippen LogP contribution in [-0.4, -0.2) is 24.2 Å². The molecule has 1 aromatic rings. The summed E-state index contributed by atoms with van der Waals surface area (Å²) in [4.78, 5) is 4.16. The standard InChI is InChI=1S/C14H21FN2O/c1-3-13(14-5-4-12(15)8-16-14)17-10(2)11-6-7-18-9-11/h4-5,8,10-11,13,17H,3,6-7,9H2,1-2H3. The van der Waals surface area contributed by atoms with Crippen molar-refractivity contribution < 1.29 is 9.13 Å². The first-order chi connectivity index (χ1) is 8.70. The second-order valence-electron chi connectivity index (χ2n) is 4.94. The summed E-state index contributed by atoms with van der Waals surface area (Å²) in [5.41, 5.74) is 0.907. The second-order valence-corrected chi connectivity index (χ2v) is 4.94. The Morgan fingerprint density at radius 1 is 1.56 bits per heavy atom. The zero-order valence-electron chi connectivity index (χ0n) is 11.0. The molecule has 1 aliphatic heterocycles. The molecular weight excluding hydrogens is 231 g/mol. The van der Waals surface area contributed by atoms with Crippen molar-refractivity contribution in [2.75, 3.05) is 13.2 Å². The molecule has 2 rings (SSSR count). The molecule has 1 N–H and O–H groups in total. The lowest BCUT2D eigenvalue weighted by Gasteiger charge is -2.25. The maximum absolute atomic E-state index is 12.9.